The highest BCUT2D eigenvalue weighted by atomic mass is 35.5. The van der Waals surface area contributed by atoms with E-state index in [9.17, 15) is 9.18 Å². The van der Waals surface area contributed by atoms with Crippen LogP contribution in [0.25, 0.3) is 0 Å². The van der Waals surface area contributed by atoms with Crippen LogP contribution in [0.4, 0.5) is 4.39 Å². The Hall–Kier alpha value is -1.59. The van der Waals surface area contributed by atoms with Gasteiger partial charge in [0.1, 0.15) is 5.82 Å². The van der Waals surface area contributed by atoms with Crippen molar-refractivity contribution in [3.8, 4) is 0 Å². The largest absolute Gasteiger partial charge is 0.348 e. The first-order valence-electron chi connectivity index (χ1n) is 5.78. The number of halogens is 3. The molecular weight excluding hydrogens is 304 g/mol. The number of amides is 1. The molecule has 108 valence electrons. The predicted molar refractivity (Wildman–Crippen MR) is 77.5 cm³/mol. The van der Waals surface area contributed by atoms with Gasteiger partial charge in [0.15, 0.2) is 0 Å². The second-order valence-corrected chi connectivity index (χ2v) is 4.58. The lowest BCUT2D eigenvalue weighted by molar-refractivity contribution is -0.121. The van der Waals surface area contributed by atoms with Crippen LogP contribution in [0.3, 0.4) is 0 Å². The molecule has 0 bridgehead atoms. The number of aromatic nitrogens is 2. The lowest BCUT2D eigenvalue weighted by atomic mass is 10.1. The molecule has 2 aromatic rings. The number of hydrogen-bond acceptors (Lipinski definition) is 2. The smallest absolute Gasteiger partial charge is 0.225 e. The van der Waals surface area contributed by atoms with Gasteiger partial charge in [-0.05, 0) is 19.1 Å². The van der Waals surface area contributed by atoms with Gasteiger partial charge in [-0.2, -0.15) is 0 Å². The Morgan fingerprint density at radius 1 is 1.55 bits per heavy atom. The fourth-order valence-corrected chi connectivity index (χ4v) is 1.97. The molecular formula is C13H14Cl2FN3O. The van der Waals surface area contributed by atoms with Gasteiger partial charge in [0.05, 0.1) is 30.7 Å². The van der Waals surface area contributed by atoms with Crippen molar-refractivity contribution in [2.45, 2.75) is 19.4 Å². The summed E-state index contributed by atoms with van der Waals surface area (Å²) >= 11 is 5.87. The second kappa shape index (κ2) is 7.26. The zero-order valence-corrected chi connectivity index (χ0v) is 12.3. The first kappa shape index (κ1) is 16.5. The summed E-state index contributed by atoms with van der Waals surface area (Å²) in [5.41, 5.74) is 0.992. The number of hydrogen-bond donors (Lipinski definition) is 2. The maximum Gasteiger partial charge on any atom is 0.225 e. The third-order valence-corrected chi connectivity index (χ3v) is 3.12. The average molecular weight is 318 g/mol. The number of carbonyl (C=O) groups is 1. The molecule has 0 fully saturated rings. The minimum absolute atomic E-state index is 0. The van der Waals surface area contributed by atoms with E-state index in [-0.39, 0.29) is 41.4 Å². The molecule has 0 saturated carbocycles. The number of nitrogens with one attached hydrogen (secondary N) is 2. The van der Waals surface area contributed by atoms with Crippen LogP contribution in [0.15, 0.2) is 30.7 Å². The Morgan fingerprint density at radius 3 is 2.90 bits per heavy atom. The Labute approximate surface area is 127 Å². The summed E-state index contributed by atoms with van der Waals surface area (Å²) < 4.78 is 13.5. The highest BCUT2D eigenvalue weighted by Crippen LogP contribution is 2.19. The van der Waals surface area contributed by atoms with Gasteiger partial charge < -0.3 is 10.3 Å². The van der Waals surface area contributed by atoms with Crippen molar-refractivity contribution in [3.63, 3.8) is 0 Å². The van der Waals surface area contributed by atoms with E-state index < -0.39 is 5.82 Å². The Bertz CT molecular complexity index is 555. The van der Waals surface area contributed by atoms with Gasteiger partial charge in [-0.3, -0.25) is 4.79 Å². The maximum atomic E-state index is 13.5. The fraction of sp³-hybridized carbons (Fsp3) is 0.231. The van der Waals surface area contributed by atoms with Gasteiger partial charge >= 0.3 is 0 Å². The van der Waals surface area contributed by atoms with Crippen LogP contribution >= 0.6 is 24.0 Å². The van der Waals surface area contributed by atoms with E-state index in [1.165, 1.54) is 18.5 Å². The first-order chi connectivity index (χ1) is 9.08. The quantitative estimate of drug-likeness (QED) is 0.910. The molecule has 1 aromatic heterocycles. The van der Waals surface area contributed by atoms with E-state index in [0.29, 0.717) is 0 Å². The fourth-order valence-electron chi connectivity index (χ4n) is 1.74. The number of H-pyrrole nitrogens is 1. The van der Waals surface area contributed by atoms with E-state index in [4.69, 9.17) is 11.6 Å². The molecule has 4 nitrogen and oxygen atoms in total. The van der Waals surface area contributed by atoms with Crippen molar-refractivity contribution >= 4 is 29.9 Å². The molecule has 1 atom stereocenters. The summed E-state index contributed by atoms with van der Waals surface area (Å²) in [6.45, 7) is 1.81. The van der Waals surface area contributed by atoms with Crippen LogP contribution in [0.2, 0.25) is 5.02 Å². The van der Waals surface area contributed by atoms with Crippen LogP contribution < -0.4 is 5.32 Å². The average Bonchev–Trinajstić information content (AvgIpc) is 2.88. The topological polar surface area (TPSA) is 57.8 Å². The maximum absolute atomic E-state index is 13.5. The molecule has 7 heteroatoms. The van der Waals surface area contributed by atoms with Crippen molar-refractivity contribution in [3.05, 3.63) is 52.8 Å². The molecule has 0 aliphatic rings. The van der Waals surface area contributed by atoms with Crippen molar-refractivity contribution in [1.82, 2.24) is 15.3 Å². The van der Waals surface area contributed by atoms with Crippen LogP contribution in [-0.2, 0) is 11.2 Å². The number of nitrogens with zero attached hydrogens (tertiary/aromatic N) is 1. The monoisotopic (exact) mass is 317 g/mol. The lowest BCUT2D eigenvalue weighted by Gasteiger charge is -2.12. The first-order valence-corrected chi connectivity index (χ1v) is 6.16. The molecule has 1 amide bonds. The zero-order chi connectivity index (χ0) is 13.8. The van der Waals surface area contributed by atoms with Crippen LogP contribution in [-0.4, -0.2) is 15.9 Å². The van der Waals surface area contributed by atoms with E-state index in [1.807, 2.05) is 6.92 Å². The van der Waals surface area contributed by atoms with Gasteiger partial charge in [-0.1, -0.05) is 17.7 Å². The van der Waals surface area contributed by atoms with Gasteiger partial charge in [-0.15, -0.1) is 12.4 Å². The Morgan fingerprint density at radius 2 is 2.30 bits per heavy atom. The lowest BCUT2D eigenvalue weighted by Crippen LogP contribution is -2.28. The van der Waals surface area contributed by atoms with E-state index in [1.54, 1.807) is 12.3 Å². The van der Waals surface area contributed by atoms with Gasteiger partial charge in [0.25, 0.3) is 0 Å². The SMILES string of the molecule is CC(NC(=O)Cc1c(F)cccc1Cl)c1cnc[nH]1.Cl. The summed E-state index contributed by atoms with van der Waals surface area (Å²) in [4.78, 5) is 18.6. The summed E-state index contributed by atoms with van der Waals surface area (Å²) in [6, 6.07) is 4.13. The summed E-state index contributed by atoms with van der Waals surface area (Å²) in [5, 5.41) is 3.00. The molecule has 0 radical (unpaired) electrons. The number of aromatic amines is 1. The minimum Gasteiger partial charge on any atom is -0.348 e. The molecule has 0 spiro atoms. The van der Waals surface area contributed by atoms with Crippen LogP contribution in [0, 0.1) is 5.82 Å². The summed E-state index contributed by atoms with van der Waals surface area (Å²) in [6.07, 6.45) is 3.07. The van der Waals surface area contributed by atoms with Gasteiger partial charge in [0, 0.05) is 10.6 Å². The molecule has 0 aliphatic heterocycles. The Kier molecular flexibility index (Phi) is 5.98. The highest BCUT2D eigenvalue weighted by Gasteiger charge is 2.15. The number of imidazole rings is 1. The van der Waals surface area contributed by atoms with Crippen molar-refractivity contribution < 1.29 is 9.18 Å². The van der Waals surface area contributed by atoms with E-state index in [0.717, 1.165) is 5.69 Å². The van der Waals surface area contributed by atoms with Crippen LogP contribution in [0.1, 0.15) is 24.2 Å². The molecule has 2 rings (SSSR count). The summed E-state index contributed by atoms with van der Waals surface area (Å²) in [5.74, 6) is -0.772. The third-order valence-electron chi connectivity index (χ3n) is 2.76. The highest BCUT2D eigenvalue weighted by molar-refractivity contribution is 6.31. The van der Waals surface area contributed by atoms with Gasteiger partial charge in [-0.25, -0.2) is 9.37 Å². The third kappa shape index (κ3) is 3.95. The molecule has 0 saturated heterocycles. The summed E-state index contributed by atoms with van der Waals surface area (Å²) in [7, 11) is 0. The normalized spacial score (nSPS) is 11.6. The standard InChI is InChI=1S/C13H13ClFN3O.ClH/c1-8(12-6-16-7-17-12)18-13(19)5-9-10(14)3-2-4-11(9)15;/h2-4,6-8H,5H2,1H3,(H,16,17)(H,18,19);1H. The zero-order valence-electron chi connectivity index (χ0n) is 10.7. The van der Waals surface area contributed by atoms with Gasteiger partial charge in [0.2, 0.25) is 5.91 Å². The van der Waals surface area contributed by atoms with E-state index in [2.05, 4.69) is 15.3 Å². The second-order valence-electron chi connectivity index (χ2n) is 4.17. The van der Waals surface area contributed by atoms with Crippen molar-refractivity contribution in [1.29, 1.82) is 0 Å². The predicted octanol–water partition coefficient (Wildman–Crippen LogP) is 3.04. The van der Waals surface area contributed by atoms with E-state index >= 15 is 0 Å². The molecule has 2 N–H and O–H groups in total. The molecule has 1 heterocycles. The van der Waals surface area contributed by atoms with Crippen LogP contribution in [0.5, 0.6) is 0 Å². The Balaban J connectivity index is 0.00000200. The number of carbonyl (C=O) groups excluding carboxylic acids is 1. The molecule has 1 unspecified atom stereocenters. The van der Waals surface area contributed by atoms with Crippen molar-refractivity contribution in [2.75, 3.05) is 0 Å². The van der Waals surface area contributed by atoms with Crippen molar-refractivity contribution in [2.24, 2.45) is 0 Å². The molecule has 1 aromatic carbocycles. The molecule has 20 heavy (non-hydrogen) atoms. The number of rotatable bonds is 4. The number of benzene rings is 1. The molecule has 0 aliphatic carbocycles. The minimum atomic E-state index is -0.475.